The van der Waals surface area contributed by atoms with Crippen molar-refractivity contribution in [2.24, 2.45) is 5.10 Å². The van der Waals surface area contributed by atoms with Crippen LogP contribution >= 0.6 is 0 Å². The Morgan fingerprint density at radius 1 is 0.909 bits per heavy atom. The largest absolute Gasteiger partial charge is 0.422 e. The lowest BCUT2D eigenvalue weighted by atomic mass is 10.0. The van der Waals surface area contributed by atoms with Crippen LogP contribution in [0.15, 0.2) is 96.1 Å². The summed E-state index contributed by atoms with van der Waals surface area (Å²) >= 11 is 0. The summed E-state index contributed by atoms with van der Waals surface area (Å²) in [6.07, 6.45) is 1.33. The van der Waals surface area contributed by atoms with Crippen molar-refractivity contribution in [2.45, 2.75) is 0 Å². The predicted octanol–water partition coefficient (Wildman–Crippen LogP) is 4.73. The number of rotatable bonds is 6. The second kappa shape index (κ2) is 9.52. The highest BCUT2D eigenvalue weighted by Gasteiger charge is 2.14. The number of nitro groups is 1. The second-order valence-corrected chi connectivity index (χ2v) is 6.96. The van der Waals surface area contributed by atoms with Gasteiger partial charge in [-0.15, -0.1) is 0 Å². The standard InChI is InChI=1S/C25H17N3O5/c29-24(18-10-5-11-20(15-18)28(31)32)27-26-16-19-8-2-4-14-23(19)33-25(30)22-13-6-9-17-7-1-3-12-21(17)22/h1-16H,(H,27,29)/b26-16-. The Morgan fingerprint density at radius 2 is 1.64 bits per heavy atom. The lowest BCUT2D eigenvalue weighted by molar-refractivity contribution is -0.384. The first-order chi connectivity index (χ1) is 16.0. The zero-order valence-electron chi connectivity index (χ0n) is 17.2. The van der Waals surface area contributed by atoms with Crippen LogP contribution in [-0.4, -0.2) is 23.0 Å². The smallest absolute Gasteiger partial charge is 0.344 e. The van der Waals surface area contributed by atoms with E-state index in [9.17, 15) is 19.7 Å². The molecule has 4 aromatic carbocycles. The minimum atomic E-state index is -0.611. The first-order valence-electron chi connectivity index (χ1n) is 9.90. The van der Waals surface area contributed by atoms with Gasteiger partial charge in [0.25, 0.3) is 11.6 Å². The van der Waals surface area contributed by atoms with Crippen LogP contribution in [-0.2, 0) is 0 Å². The quantitative estimate of drug-likeness (QED) is 0.153. The van der Waals surface area contributed by atoms with Crippen LogP contribution in [0, 0.1) is 10.1 Å². The number of benzene rings is 4. The van der Waals surface area contributed by atoms with Crippen molar-refractivity contribution < 1.29 is 19.2 Å². The van der Waals surface area contributed by atoms with Crippen LogP contribution in [0.25, 0.3) is 10.8 Å². The summed E-state index contributed by atoms with van der Waals surface area (Å²) < 4.78 is 5.61. The molecule has 8 nitrogen and oxygen atoms in total. The van der Waals surface area contributed by atoms with Crippen molar-refractivity contribution in [1.29, 1.82) is 0 Å². The lowest BCUT2D eigenvalue weighted by Crippen LogP contribution is -2.18. The zero-order valence-corrected chi connectivity index (χ0v) is 17.2. The summed E-state index contributed by atoms with van der Waals surface area (Å²) in [6.45, 7) is 0. The SMILES string of the molecule is O=C(N/N=C\c1ccccc1OC(=O)c1cccc2ccccc12)c1cccc([N+](=O)[O-])c1. The number of nitrogens with zero attached hydrogens (tertiary/aromatic N) is 2. The topological polar surface area (TPSA) is 111 Å². The molecule has 8 heteroatoms. The molecule has 0 fully saturated rings. The van der Waals surface area contributed by atoms with Gasteiger partial charge in [0.15, 0.2) is 0 Å². The summed E-state index contributed by atoms with van der Waals surface area (Å²) in [6, 6.07) is 25.0. The van der Waals surface area contributed by atoms with Gasteiger partial charge < -0.3 is 4.74 Å². The number of carbonyl (C=O) groups excluding carboxylic acids is 2. The number of esters is 1. The van der Waals surface area contributed by atoms with Gasteiger partial charge in [0.2, 0.25) is 0 Å². The molecule has 33 heavy (non-hydrogen) atoms. The van der Waals surface area contributed by atoms with Crippen LogP contribution in [0.4, 0.5) is 5.69 Å². The van der Waals surface area contributed by atoms with Gasteiger partial charge >= 0.3 is 5.97 Å². The molecular weight excluding hydrogens is 422 g/mol. The first kappa shape index (κ1) is 21.4. The van der Waals surface area contributed by atoms with E-state index >= 15 is 0 Å². The van der Waals surface area contributed by atoms with Gasteiger partial charge in [-0.3, -0.25) is 14.9 Å². The van der Waals surface area contributed by atoms with Gasteiger partial charge in [0, 0.05) is 23.3 Å². The third-order valence-electron chi connectivity index (χ3n) is 4.82. The summed E-state index contributed by atoms with van der Waals surface area (Å²) in [7, 11) is 0. The van der Waals surface area contributed by atoms with Crippen molar-refractivity contribution in [1.82, 2.24) is 5.43 Å². The highest BCUT2D eigenvalue weighted by atomic mass is 16.6. The summed E-state index contributed by atoms with van der Waals surface area (Å²) in [5, 5.41) is 16.5. The molecule has 0 radical (unpaired) electrons. The maximum absolute atomic E-state index is 12.8. The Morgan fingerprint density at radius 3 is 2.48 bits per heavy atom. The monoisotopic (exact) mass is 439 g/mol. The van der Waals surface area contributed by atoms with Crippen molar-refractivity contribution in [3.8, 4) is 5.75 Å². The number of nitrogens with one attached hydrogen (secondary N) is 1. The molecule has 162 valence electrons. The molecule has 0 aromatic heterocycles. The van der Waals surface area contributed by atoms with Gasteiger partial charge in [0.05, 0.1) is 16.7 Å². The molecule has 1 amide bonds. The number of amides is 1. The average Bonchev–Trinajstić information content (AvgIpc) is 2.84. The van der Waals surface area contributed by atoms with E-state index in [-0.39, 0.29) is 17.0 Å². The van der Waals surface area contributed by atoms with Gasteiger partial charge in [0.1, 0.15) is 5.75 Å². The van der Waals surface area contributed by atoms with Crippen LogP contribution in [0.1, 0.15) is 26.3 Å². The highest BCUT2D eigenvalue weighted by molar-refractivity contribution is 6.05. The van der Waals surface area contributed by atoms with Gasteiger partial charge in [-0.2, -0.15) is 5.10 Å². The molecule has 0 unspecified atom stereocenters. The molecule has 0 aliphatic carbocycles. The zero-order chi connectivity index (χ0) is 23.2. The maximum Gasteiger partial charge on any atom is 0.344 e. The number of nitro benzene ring substituents is 1. The third-order valence-corrected chi connectivity index (χ3v) is 4.82. The van der Waals surface area contributed by atoms with E-state index in [1.165, 1.54) is 24.4 Å². The molecule has 0 heterocycles. The Kier molecular flexibility index (Phi) is 6.17. The van der Waals surface area contributed by atoms with Gasteiger partial charge in [-0.25, -0.2) is 10.2 Å². The van der Waals surface area contributed by atoms with Crippen molar-refractivity contribution in [2.75, 3.05) is 0 Å². The van der Waals surface area contributed by atoms with E-state index in [1.54, 1.807) is 36.4 Å². The molecule has 0 atom stereocenters. The maximum atomic E-state index is 12.8. The van der Waals surface area contributed by atoms with Crippen molar-refractivity contribution in [3.63, 3.8) is 0 Å². The number of para-hydroxylation sites is 1. The van der Waals surface area contributed by atoms with Crippen LogP contribution in [0.2, 0.25) is 0 Å². The number of non-ortho nitro benzene ring substituents is 1. The van der Waals surface area contributed by atoms with Gasteiger partial charge in [-0.1, -0.05) is 54.6 Å². The number of ether oxygens (including phenoxy) is 1. The Hall–Kier alpha value is -4.85. The van der Waals surface area contributed by atoms with Crippen molar-refractivity contribution >= 4 is 34.6 Å². The molecule has 0 spiro atoms. The number of carbonyl (C=O) groups is 2. The average molecular weight is 439 g/mol. The van der Waals surface area contributed by atoms with Gasteiger partial charge in [-0.05, 0) is 35.0 Å². The third kappa shape index (κ3) is 4.91. The Balaban J connectivity index is 1.50. The van der Waals surface area contributed by atoms with E-state index in [2.05, 4.69) is 10.5 Å². The molecule has 1 N–H and O–H groups in total. The van der Waals surface area contributed by atoms with Crippen LogP contribution < -0.4 is 10.2 Å². The second-order valence-electron chi connectivity index (χ2n) is 6.96. The number of fused-ring (bicyclic) bond motifs is 1. The summed E-state index contributed by atoms with van der Waals surface area (Å²) in [5.74, 6) is -0.864. The predicted molar refractivity (Wildman–Crippen MR) is 124 cm³/mol. The first-order valence-corrected chi connectivity index (χ1v) is 9.90. The number of hydrazone groups is 1. The summed E-state index contributed by atoms with van der Waals surface area (Å²) in [5.41, 5.74) is 3.11. The van der Waals surface area contributed by atoms with E-state index < -0.39 is 16.8 Å². The fourth-order valence-corrected chi connectivity index (χ4v) is 3.22. The molecule has 0 saturated carbocycles. The lowest BCUT2D eigenvalue weighted by Gasteiger charge is -2.09. The molecule has 0 aliphatic rings. The Bertz CT molecular complexity index is 1390. The summed E-state index contributed by atoms with van der Waals surface area (Å²) in [4.78, 5) is 35.4. The minimum Gasteiger partial charge on any atom is -0.422 e. The fraction of sp³-hybridized carbons (Fsp3) is 0. The minimum absolute atomic E-state index is 0.0945. The molecule has 4 aromatic rings. The molecule has 0 aliphatic heterocycles. The normalized spacial score (nSPS) is 10.8. The van der Waals surface area contributed by atoms with E-state index in [4.69, 9.17) is 4.74 Å². The van der Waals surface area contributed by atoms with Crippen LogP contribution in [0.5, 0.6) is 5.75 Å². The Labute approximate surface area is 188 Å². The van der Waals surface area contributed by atoms with Crippen molar-refractivity contribution in [3.05, 3.63) is 118 Å². The molecule has 4 rings (SSSR count). The van der Waals surface area contributed by atoms with E-state index in [1.807, 2.05) is 30.3 Å². The molecule has 0 bridgehead atoms. The van der Waals surface area contributed by atoms with E-state index in [0.29, 0.717) is 11.1 Å². The highest BCUT2D eigenvalue weighted by Crippen LogP contribution is 2.22. The number of hydrogen-bond acceptors (Lipinski definition) is 6. The van der Waals surface area contributed by atoms with E-state index in [0.717, 1.165) is 16.8 Å². The van der Waals surface area contributed by atoms with Crippen LogP contribution in [0.3, 0.4) is 0 Å². The fourth-order valence-electron chi connectivity index (χ4n) is 3.22. The molecule has 0 saturated heterocycles. The molecular formula is C25H17N3O5. The number of hydrogen-bond donors (Lipinski definition) is 1.